The molecule has 4 heterocycles. The molecule has 3 aliphatic heterocycles. The monoisotopic (exact) mass is 592 g/mol. The summed E-state index contributed by atoms with van der Waals surface area (Å²) in [4.78, 5) is 18.0. The Balaban J connectivity index is 1.19. The van der Waals surface area contributed by atoms with Gasteiger partial charge < -0.3 is 14.2 Å². The number of nitrogens with zero attached hydrogens (tertiary/aromatic N) is 5. The number of nitrogens with one attached hydrogen (secondary N) is 1. The van der Waals surface area contributed by atoms with E-state index in [2.05, 4.69) is 49.8 Å². The van der Waals surface area contributed by atoms with Crippen molar-refractivity contribution in [3.05, 3.63) is 58.3 Å². The van der Waals surface area contributed by atoms with Gasteiger partial charge in [-0.1, -0.05) is 41.3 Å². The van der Waals surface area contributed by atoms with E-state index in [9.17, 15) is 4.79 Å². The molecule has 0 spiro atoms. The van der Waals surface area contributed by atoms with Gasteiger partial charge in [0, 0.05) is 44.6 Å². The standard InChI is InChI=1S/C29H32N6O4S2/c36-28-26(41-29(40)35(28)9-2-1-3-27-30-32-33-31-27)19-23-18-21(20-4-6-24-22(17-20)8-13-38-24)5-7-25(23)39-16-12-34-10-14-37-15-11-34/h4-7,17-19H,1-3,8-16H2,(H,30,31,32,33)/b26-19-. The lowest BCUT2D eigenvalue weighted by Gasteiger charge is -2.26. The van der Waals surface area contributed by atoms with E-state index in [1.165, 1.54) is 17.3 Å². The van der Waals surface area contributed by atoms with E-state index in [0.29, 0.717) is 34.6 Å². The van der Waals surface area contributed by atoms with Gasteiger partial charge in [0.25, 0.3) is 5.91 Å². The molecule has 2 saturated heterocycles. The number of ether oxygens (including phenoxy) is 3. The van der Waals surface area contributed by atoms with Crippen LogP contribution in [0.4, 0.5) is 0 Å². The zero-order chi connectivity index (χ0) is 28.0. The third kappa shape index (κ3) is 6.78. The molecule has 3 aromatic rings. The number of tetrazole rings is 1. The van der Waals surface area contributed by atoms with Crippen LogP contribution in [-0.2, 0) is 22.4 Å². The van der Waals surface area contributed by atoms with E-state index in [1.54, 1.807) is 4.90 Å². The maximum Gasteiger partial charge on any atom is 0.266 e. The molecule has 12 heteroatoms. The summed E-state index contributed by atoms with van der Waals surface area (Å²) < 4.78 is 18.0. The molecule has 6 rings (SSSR count). The number of aromatic amines is 1. The van der Waals surface area contributed by atoms with Crippen LogP contribution in [0.5, 0.6) is 11.5 Å². The van der Waals surface area contributed by atoms with E-state index in [1.807, 2.05) is 18.2 Å². The summed E-state index contributed by atoms with van der Waals surface area (Å²) in [5.74, 6) is 2.31. The highest BCUT2D eigenvalue weighted by atomic mass is 32.2. The topological polar surface area (TPSA) is 106 Å². The number of H-pyrrole nitrogens is 1. The third-order valence-electron chi connectivity index (χ3n) is 7.38. The number of fused-ring (bicyclic) bond motifs is 1. The Morgan fingerprint density at radius 3 is 2.78 bits per heavy atom. The van der Waals surface area contributed by atoms with E-state index >= 15 is 0 Å². The molecule has 0 atom stereocenters. The molecule has 1 aromatic heterocycles. The summed E-state index contributed by atoms with van der Waals surface area (Å²) in [6, 6.07) is 12.5. The molecular weight excluding hydrogens is 560 g/mol. The number of hydrogen-bond acceptors (Lipinski definition) is 10. The van der Waals surface area contributed by atoms with Crippen LogP contribution >= 0.6 is 24.0 Å². The second-order valence-corrected chi connectivity index (χ2v) is 11.8. The lowest BCUT2D eigenvalue weighted by atomic mass is 9.99. The highest BCUT2D eigenvalue weighted by Crippen LogP contribution is 2.37. The normalized spacial score (nSPS) is 18.2. The highest BCUT2D eigenvalue weighted by molar-refractivity contribution is 8.26. The second kappa shape index (κ2) is 13.1. The van der Waals surface area contributed by atoms with E-state index < -0.39 is 0 Å². The molecule has 0 aliphatic carbocycles. The molecule has 1 N–H and O–H groups in total. The van der Waals surface area contributed by atoms with Crippen LogP contribution in [-0.4, -0.2) is 93.3 Å². The van der Waals surface area contributed by atoms with E-state index in [0.717, 1.165) is 86.9 Å². The highest BCUT2D eigenvalue weighted by Gasteiger charge is 2.32. The first-order chi connectivity index (χ1) is 20.1. The number of thiocarbonyl (C=S) groups is 1. The van der Waals surface area contributed by atoms with Gasteiger partial charge in [-0.2, -0.15) is 5.21 Å². The van der Waals surface area contributed by atoms with Crippen LogP contribution in [0.2, 0.25) is 0 Å². The molecule has 214 valence electrons. The minimum atomic E-state index is -0.0705. The number of unbranched alkanes of at least 4 members (excludes halogenated alkanes) is 1. The van der Waals surface area contributed by atoms with Crippen LogP contribution in [0.15, 0.2) is 41.3 Å². The van der Waals surface area contributed by atoms with Crippen LogP contribution in [0.3, 0.4) is 0 Å². The quantitative estimate of drug-likeness (QED) is 0.201. The fraction of sp³-hybridized carbons (Fsp3) is 0.414. The molecule has 0 saturated carbocycles. The predicted molar refractivity (Wildman–Crippen MR) is 161 cm³/mol. The number of carbonyl (C=O) groups is 1. The van der Waals surface area contributed by atoms with Gasteiger partial charge in [-0.05, 0) is 59.9 Å². The van der Waals surface area contributed by atoms with Gasteiger partial charge in [0.05, 0.1) is 24.7 Å². The lowest BCUT2D eigenvalue weighted by Crippen LogP contribution is -2.38. The SMILES string of the molecule is O=C1/C(=C/c2cc(-c3ccc4c(c3)CCO4)ccc2OCCN2CCOCC2)SC(=S)N1CCCCc1nn[nH]n1. The largest absolute Gasteiger partial charge is 0.493 e. The molecule has 3 aliphatic rings. The smallest absolute Gasteiger partial charge is 0.266 e. The van der Waals surface area contributed by atoms with Crippen molar-refractivity contribution in [1.82, 2.24) is 30.4 Å². The number of morpholine rings is 1. The fourth-order valence-electron chi connectivity index (χ4n) is 5.12. The molecule has 1 amide bonds. The van der Waals surface area contributed by atoms with Gasteiger partial charge in [0.2, 0.25) is 0 Å². The molecule has 41 heavy (non-hydrogen) atoms. The first kappa shape index (κ1) is 27.8. The van der Waals surface area contributed by atoms with Crippen molar-refractivity contribution in [2.75, 3.05) is 52.6 Å². The Morgan fingerprint density at radius 1 is 1.07 bits per heavy atom. The Hall–Kier alpha value is -3.32. The van der Waals surface area contributed by atoms with Crippen molar-refractivity contribution >= 4 is 40.3 Å². The Morgan fingerprint density at radius 2 is 1.93 bits per heavy atom. The Kier molecular flexibility index (Phi) is 8.90. The maximum atomic E-state index is 13.4. The summed E-state index contributed by atoms with van der Waals surface area (Å²) in [6.45, 7) is 5.98. The lowest BCUT2D eigenvalue weighted by molar-refractivity contribution is -0.122. The average molecular weight is 593 g/mol. The van der Waals surface area contributed by atoms with Gasteiger partial charge in [0.15, 0.2) is 5.82 Å². The zero-order valence-electron chi connectivity index (χ0n) is 22.7. The molecule has 2 fully saturated rings. The summed E-state index contributed by atoms with van der Waals surface area (Å²) in [5.41, 5.74) is 4.25. The van der Waals surface area contributed by atoms with Crippen molar-refractivity contribution in [3.63, 3.8) is 0 Å². The van der Waals surface area contributed by atoms with Crippen LogP contribution < -0.4 is 9.47 Å². The van der Waals surface area contributed by atoms with Crippen molar-refractivity contribution in [2.24, 2.45) is 0 Å². The number of benzene rings is 2. The first-order valence-corrected chi connectivity index (χ1v) is 15.2. The number of aromatic nitrogens is 4. The van der Waals surface area contributed by atoms with Gasteiger partial charge in [-0.15, -0.1) is 10.2 Å². The molecule has 0 bridgehead atoms. The Bertz CT molecular complexity index is 1420. The van der Waals surface area contributed by atoms with Crippen molar-refractivity contribution < 1.29 is 19.0 Å². The minimum absolute atomic E-state index is 0.0705. The summed E-state index contributed by atoms with van der Waals surface area (Å²) >= 11 is 6.93. The second-order valence-electron chi connectivity index (χ2n) is 10.1. The number of carbonyl (C=O) groups excluding carboxylic acids is 1. The van der Waals surface area contributed by atoms with E-state index in [4.69, 9.17) is 26.4 Å². The summed E-state index contributed by atoms with van der Waals surface area (Å²) in [5, 5.41) is 14.0. The van der Waals surface area contributed by atoms with Crippen LogP contribution in [0, 0.1) is 0 Å². The van der Waals surface area contributed by atoms with Crippen LogP contribution in [0.25, 0.3) is 17.2 Å². The molecule has 0 radical (unpaired) electrons. The predicted octanol–water partition coefficient (Wildman–Crippen LogP) is 3.74. The van der Waals surface area contributed by atoms with Crippen molar-refractivity contribution in [2.45, 2.75) is 25.7 Å². The van der Waals surface area contributed by atoms with Crippen LogP contribution in [0.1, 0.15) is 29.8 Å². The number of rotatable bonds is 11. The molecule has 0 unspecified atom stereocenters. The number of aryl methyl sites for hydroxylation is 1. The van der Waals surface area contributed by atoms with Crippen molar-refractivity contribution in [1.29, 1.82) is 0 Å². The molecule has 10 nitrogen and oxygen atoms in total. The number of thioether (sulfide) groups is 1. The number of hydrogen-bond donors (Lipinski definition) is 1. The van der Waals surface area contributed by atoms with Gasteiger partial charge >= 0.3 is 0 Å². The fourth-order valence-corrected chi connectivity index (χ4v) is 6.42. The average Bonchev–Trinajstić information content (AvgIpc) is 3.74. The summed E-state index contributed by atoms with van der Waals surface area (Å²) in [6.07, 6.45) is 5.17. The van der Waals surface area contributed by atoms with Crippen molar-refractivity contribution in [3.8, 4) is 22.6 Å². The van der Waals surface area contributed by atoms with Gasteiger partial charge in [0.1, 0.15) is 22.4 Å². The maximum absolute atomic E-state index is 13.4. The minimum Gasteiger partial charge on any atom is -0.493 e. The molecule has 2 aromatic carbocycles. The van der Waals surface area contributed by atoms with E-state index in [-0.39, 0.29) is 5.91 Å². The van der Waals surface area contributed by atoms with Gasteiger partial charge in [-0.25, -0.2) is 0 Å². The Labute approximate surface area is 248 Å². The first-order valence-electron chi connectivity index (χ1n) is 13.9. The molecular formula is C29H32N6O4S2. The summed E-state index contributed by atoms with van der Waals surface area (Å²) in [7, 11) is 0. The third-order valence-corrected chi connectivity index (χ3v) is 8.76. The van der Waals surface area contributed by atoms with Gasteiger partial charge in [-0.3, -0.25) is 14.6 Å². The zero-order valence-corrected chi connectivity index (χ0v) is 24.3. The number of amides is 1.